The Morgan fingerprint density at radius 2 is 2.21 bits per heavy atom. The van der Waals surface area contributed by atoms with Gasteiger partial charge in [-0.1, -0.05) is 0 Å². The zero-order valence-corrected chi connectivity index (χ0v) is 7.64. The van der Waals surface area contributed by atoms with Crippen LogP contribution in [0.5, 0.6) is 5.88 Å². The smallest absolute Gasteiger partial charge is 0.367 e. The van der Waals surface area contributed by atoms with E-state index in [1.165, 1.54) is 13.3 Å². The number of hydrogen-bond acceptors (Lipinski definition) is 6. The predicted molar refractivity (Wildman–Crippen MR) is 47.2 cm³/mol. The number of aromatic nitrogens is 3. The molecule has 0 saturated heterocycles. The van der Waals surface area contributed by atoms with Gasteiger partial charge in [0, 0.05) is 6.92 Å². The molecule has 0 radical (unpaired) electrons. The molecule has 0 aliphatic carbocycles. The summed E-state index contributed by atoms with van der Waals surface area (Å²) in [6, 6.07) is 0. The van der Waals surface area contributed by atoms with Gasteiger partial charge in [-0.15, -0.1) is 0 Å². The van der Waals surface area contributed by atoms with Crippen LogP contribution in [0.3, 0.4) is 0 Å². The van der Waals surface area contributed by atoms with Crippen molar-refractivity contribution in [2.45, 2.75) is 6.92 Å². The molecule has 72 valence electrons. The van der Waals surface area contributed by atoms with Gasteiger partial charge < -0.3 is 9.15 Å². The van der Waals surface area contributed by atoms with Crippen LogP contribution < -0.4 is 10.4 Å². The lowest BCUT2D eigenvalue weighted by atomic mass is 10.5. The fraction of sp³-hybridized carbons (Fsp3) is 0.250. The van der Waals surface area contributed by atoms with Crippen LogP contribution in [0.15, 0.2) is 15.4 Å². The molecule has 14 heavy (non-hydrogen) atoms. The monoisotopic (exact) mass is 193 g/mol. The van der Waals surface area contributed by atoms with Crippen LogP contribution in [-0.4, -0.2) is 22.1 Å². The highest BCUT2D eigenvalue weighted by molar-refractivity contribution is 5.67. The number of rotatable bonds is 1. The molecule has 0 unspecified atom stereocenters. The van der Waals surface area contributed by atoms with Gasteiger partial charge in [0.05, 0.1) is 13.3 Å². The van der Waals surface area contributed by atoms with E-state index in [0.717, 1.165) is 0 Å². The summed E-state index contributed by atoms with van der Waals surface area (Å²) in [5.74, 6) is 0.525. The summed E-state index contributed by atoms with van der Waals surface area (Å²) in [6.45, 7) is 1.58. The van der Waals surface area contributed by atoms with Gasteiger partial charge in [-0.2, -0.15) is 4.98 Å². The summed E-state index contributed by atoms with van der Waals surface area (Å²) in [6.07, 6.45) is 1.40. The van der Waals surface area contributed by atoms with E-state index in [9.17, 15) is 4.79 Å². The van der Waals surface area contributed by atoms with E-state index in [1.54, 1.807) is 6.92 Å². The first-order chi connectivity index (χ1) is 6.70. The Morgan fingerprint density at radius 1 is 1.43 bits per heavy atom. The lowest BCUT2D eigenvalue weighted by Crippen LogP contribution is -2.07. The molecule has 0 fully saturated rings. The molecule has 0 aliphatic rings. The molecular formula is C8H7N3O3. The van der Waals surface area contributed by atoms with Crippen LogP contribution in [0.4, 0.5) is 0 Å². The lowest BCUT2D eigenvalue weighted by Gasteiger charge is -1.98. The molecule has 2 aromatic heterocycles. The standard InChI is InChI=1S/C8H7N3O3/c1-4-10-7-6(8(12)14-4)11-5(13-2)3-9-7/h3H,1-2H3. The first-order valence-electron chi connectivity index (χ1n) is 3.89. The molecular weight excluding hydrogens is 186 g/mol. The van der Waals surface area contributed by atoms with Crippen LogP contribution >= 0.6 is 0 Å². The highest BCUT2D eigenvalue weighted by Crippen LogP contribution is 2.07. The zero-order chi connectivity index (χ0) is 10.1. The maximum atomic E-state index is 11.3. The number of aryl methyl sites for hydroxylation is 1. The van der Waals surface area contributed by atoms with E-state index in [2.05, 4.69) is 15.0 Å². The van der Waals surface area contributed by atoms with Crippen molar-refractivity contribution in [3.63, 3.8) is 0 Å². The Labute approximate surface area is 78.6 Å². The Kier molecular flexibility index (Phi) is 1.88. The van der Waals surface area contributed by atoms with Crippen molar-refractivity contribution in [3.8, 4) is 5.88 Å². The number of methoxy groups -OCH3 is 1. The average Bonchev–Trinajstić information content (AvgIpc) is 2.17. The lowest BCUT2D eigenvalue weighted by molar-refractivity contribution is 0.395. The summed E-state index contributed by atoms with van der Waals surface area (Å²) >= 11 is 0. The number of nitrogens with zero attached hydrogens (tertiary/aromatic N) is 3. The molecule has 0 N–H and O–H groups in total. The fourth-order valence-corrected chi connectivity index (χ4v) is 1.04. The van der Waals surface area contributed by atoms with Crippen LogP contribution in [0.25, 0.3) is 11.2 Å². The molecule has 6 nitrogen and oxygen atoms in total. The summed E-state index contributed by atoms with van der Waals surface area (Å²) in [5.41, 5.74) is -0.214. The quantitative estimate of drug-likeness (QED) is 0.647. The van der Waals surface area contributed by atoms with Crippen molar-refractivity contribution < 1.29 is 9.15 Å². The van der Waals surface area contributed by atoms with Gasteiger partial charge in [-0.05, 0) is 0 Å². The molecule has 0 aliphatic heterocycles. The van der Waals surface area contributed by atoms with Gasteiger partial charge >= 0.3 is 5.63 Å². The van der Waals surface area contributed by atoms with Gasteiger partial charge in [0.15, 0.2) is 17.1 Å². The maximum Gasteiger partial charge on any atom is 0.367 e. The number of ether oxygens (including phenoxy) is 1. The van der Waals surface area contributed by atoms with Crippen molar-refractivity contribution in [2.24, 2.45) is 0 Å². The second kappa shape index (κ2) is 3.06. The van der Waals surface area contributed by atoms with E-state index in [0.29, 0.717) is 0 Å². The molecule has 6 heteroatoms. The first-order valence-corrected chi connectivity index (χ1v) is 3.89. The molecule has 0 aromatic carbocycles. The molecule has 0 bridgehead atoms. The summed E-state index contributed by atoms with van der Waals surface area (Å²) in [5, 5.41) is 0. The van der Waals surface area contributed by atoms with E-state index in [-0.39, 0.29) is 22.9 Å². The van der Waals surface area contributed by atoms with Crippen molar-refractivity contribution in [1.29, 1.82) is 0 Å². The molecule has 2 heterocycles. The third-order valence-corrected chi connectivity index (χ3v) is 1.64. The van der Waals surface area contributed by atoms with Gasteiger partial charge in [0.1, 0.15) is 0 Å². The van der Waals surface area contributed by atoms with Gasteiger partial charge in [-0.25, -0.2) is 14.8 Å². The first kappa shape index (κ1) is 8.61. The van der Waals surface area contributed by atoms with Gasteiger partial charge in [0.2, 0.25) is 5.88 Å². The Bertz CT molecular complexity index is 535. The number of hydrogen-bond donors (Lipinski definition) is 0. The SMILES string of the molecule is COc1cnc2nc(C)oc(=O)c2n1. The van der Waals surface area contributed by atoms with E-state index >= 15 is 0 Å². The third kappa shape index (κ3) is 1.30. The summed E-state index contributed by atoms with van der Waals surface area (Å²) in [7, 11) is 1.44. The summed E-state index contributed by atoms with van der Waals surface area (Å²) in [4.78, 5) is 23.0. The molecule has 0 saturated carbocycles. The molecule has 0 spiro atoms. The van der Waals surface area contributed by atoms with Crippen molar-refractivity contribution in [2.75, 3.05) is 7.11 Å². The topological polar surface area (TPSA) is 78.1 Å². The molecule has 2 aromatic rings. The largest absolute Gasteiger partial charge is 0.480 e. The molecule has 2 rings (SSSR count). The van der Waals surface area contributed by atoms with Crippen LogP contribution in [0, 0.1) is 6.92 Å². The van der Waals surface area contributed by atoms with Gasteiger partial charge in [0.25, 0.3) is 0 Å². The highest BCUT2D eigenvalue weighted by atomic mass is 16.5. The van der Waals surface area contributed by atoms with Crippen LogP contribution in [-0.2, 0) is 0 Å². The minimum atomic E-state index is -0.557. The van der Waals surface area contributed by atoms with Crippen LogP contribution in [0.2, 0.25) is 0 Å². The predicted octanol–water partition coefficient (Wildman–Crippen LogP) is 0.295. The van der Waals surface area contributed by atoms with E-state index in [4.69, 9.17) is 9.15 Å². The maximum absolute atomic E-state index is 11.3. The van der Waals surface area contributed by atoms with E-state index in [1.807, 2.05) is 0 Å². The normalized spacial score (nSPS) is 10.4. The molecule has 0 atom stereocenters. The molecule has 0 amide bonds. The Hall–Kier alpha value is -1.98. The van der Waals surface area contributed by atoms with Crippen molar-refractivity contribution in [1.82, 2.24) is 15.0 Å². The van der Waals surface area contributed by atoms with Crippen molar-refractivity contribution >= 4 is 11.2 Å². The Morgan fingerprint density at radius 3 is 2.93 bits per heavy atom. The fourth-order valence-electron chi connectivity index (χ4n) is 1.04. The highest BCUT2D eigenvalue weighted by Gasteiger charge is 2.07. The zero-order valence-electron chi connectivity index (χ0n) is 7.64. The second-order valence-corrected chi connectivity index (χ2v) is 2.60. The van der Waals surface area contributed by atoms with Crippen molar-refractivity contribution in [3.05, 3.63) is 22.5 Å². The number of fused-ring (bicyclic) bond motifs is 1. The summed E-state index contributed by atoms with van der Waals surface area (Å²) < 4.78 is 9.59. The van der Waals surface area contributed by atoms with Crippen LogP contribution in [0.1, 0.15) is 5.89 Å². The minimum Gasteiger partial charge on any atom is -0.480 e. The average molecular weight is 193 g/mol. The minimum absolute atomic E-state index is 0.0787. The third-order valence-electron chi connectivity index (χ3n) is 1.64. The van der Waals surface area contributed by atoms with E-state index < -0.39 is 5.63 Å². The Balaban J connectivity index is 2.82. The second-order valence-electron chi connectivity index (χ2n) is 2.60. The van der Waals surface area contributed by atoms with Gasteiger partial charge in [-0.3, -0.25) is 0 Å².